The van der Waals surface area contributed by atoms with E-state index >= 15 is 0 Å². The molecule has 0 bridgehead atoms. The molecule has 0 heterocycles. The smallest absolute Gasteiger partial charge is 0.104 e. The summed E-state index contributed by atoms with van der Waals surface area (Å²) >= 11 is 0. The van der Waals surface area contributed by atoms with Crippen LogP contribution in [0.5, 0.6) is 0 Å². The van der Waals surface area contributed by atoms with Crippen LogP contribution in [0.15, 0.2) is 4.99 Å². The predicted molar refractivity (Wildman–Crippen MR) is 58.3 cm³/mol. The zero-order valence-corrected chi connectivity index (χ0v) is 11.6. The van der Waals surface area contributed by atoms with Crippen LogP contribution < -0.4 is 0 Å². The summed E-state index contributed by atoms with van der Waals surface area (Å²) < 4.78 is 0. The van der Waals surface area contributed by atoms with Gasteiger partial charge in [0.2, 0.25) is 0 Å². The first-order valence-corrected chi connectivity index (χ1v) is 5.22. The molecule has 3 heteroatoms. The van der Waals surface area contributed by atoms with E-state index in [0.29, 0.717) is 0 Å². The minimum Gasteiger partial charge on any atom is -0.384 e. The molecule has 0 aliphatic carbocycles. The van der Waals surface area contributed by atoms with E-state index in [1.807, 2.05) is 27.7 Å². The van der Waals surface area contributed by atoms with Crippen LogP contribution in [0.3, 0.4) is 0 Å². The van der Waals surface area contributed by atoms with E-state index in [0.717, 1.165) is 25.1 Å². The first kappa shape index (κ1) is 17.5. The molecule has 1 atom stereocenters. The SMILES string of the molecule is CCCC(O)(C(C)=NCC)C(C)C.[Yb]. The molecular formula is C11H23NOYb. The summed E-state index contributed by atoms with van der Waals surface area (Å²) in [6, 6.07) is 0. The van der Waals surface area contributed by atoms with E-state index in [9.17, 15) is 5.11 Å². The van der Waals surface area contributed by atoms with Crippen molar-refractivity contribution in [1.29, 1.82) is 0 Å². The molecule has 0 aromatic rings. The van der Waals surface area contributed by atoms with E-state index < -0.39 is 5.60 Å². The fourth-order valence-corrected chi connectivity index (χ4v) is 1.64. The third-order valence-corrected chi connectivity index (χ3v) is 2.61. The van der Waals surface area contributed by atoms with Gasteiger partial charge in [-0.2, -0.15) is 0 Å². The van der Waals surface area contributed by atoms with Gasteiger partial charge in [0.25, 0.3) is 0 Å². The minimum atomic E-state index is -0.690. The maximum atomic E-state index is 10.4. The van der Waals surface area contributed by atoms with Crippen LogP contribution in [-0.2, 0) is 0 Å². The van der Waals surface area contributed by atoms with Crippen molar-refractivity contribution in [2.24, 2.45) is 10.9 Å². The average molecular weight is 358 g/mol. The van der Waals surface area contributed by atoms with Gasteiger partial charge in [-0.1, -0.05) is 27.2 Å². The van der Waals surface area contributed by atoms with Gasteiger partial charge in [0.1, 0.15) is 5.60 Å². The predicted octanol–water partition coefficient (Wildman–Crippen LogP) is 2.65. The summed E-state index contributed by atoms with van der Waals surface area (Å²) in [6.45, 7) is 10.9. The van der Waals surface area contributed by atoms with Gasteiger partial charge in [0, 0.05) is 59.2 Å². The first-order chi connectivity index (χ1) is 5.99. The second kappa shape index (κ2) is 8.32. The Balaban J connectivity index is 0. The van der Waals surface area contributed by atoms with Gasteiger partial charge >= 0.3 is 0 Å². The summed E-state index contributed by atoms with van der Waals surface area (Å²) in [5.41, 5.74) is 0.192. The van der Waals surface area contributed by atoms with Gasteiger partial charge in [-0.25, -0.2) is 0 Å². The van der Waals surface area contributed by atoms with Crippen molar-refractivity contribution in [3.63, 3.8) is 0 Å². The summed E-state index contributed by atoms with van der Waals surface area (Å²) in [5, 5.41) is 10.4. The summed E-state index contributed by atoms with van der Waals surface area (Å²) in [7, 11) is 0. The number of nitrogens with zero attached hydrogens (tertiary/aromatic N) is 1. The maximum Gasteiger partial charge on any atom is 0.104 e. The van der Waals surface area contributed by atoms with Crippen molar-refractivity contribution in [3.8, 4) is 0 Å². The summed E-state index contributed by atoms with van der Waals surface area (Å²) in [5.74, 6) is 0.239. The molecule has 0 aliphatic rings. The van der Waals surface area contributed by atoms with Crippen molar-refractivity contribution in [3.05, 3.63) is 0 Å². The van der Waals surface area contributed by atoms with Crippen LogP contribution >= 0.6 is 0 Å². The topological polar surface area (TPSA) is 32.6 Å². The molecule has 0 rings (SSSR count). The molecule has 0 saturated carbocycles. The zero-order chi connectivity index (χ0) is 10.5. The van der Waals surface area contributed by atoms with E-state index in [1.165, 1.54) is 0 Å². The summed E-state index contributed by atoms with van der Waals surface area (Å²) in [4.78, 5) is 4.30. The molecule has 0 aromatic carbocycles. The maximum absolute atomic E-state index is 10.4. The molecule has 0 aromatic heterocycles. The Morgan fingerprint density at radius 1 is 1.36 bits per heavy atom. The fraction of sp³-hybridized carbons (Fsp3) is 0.909. The quantitative estimate of drug-likeness (QED) is 0.753. The van der Waals surface area contributed by atoms with E-state index in [4.69, 9.17) is 0 Å². The van der Waals surface area contributed by atoms with Crippen LogP contribution in [0.4, 0.5) is 0 Å². The molecule has 0 fully saturated rings. The third kappa shape index (κ3) is 4.78. The Bertz CT molecular complexity index is 180. The Morgan fingerprint density at radius 3 is 2.14 bits per heavy atom. The van der Waals surface area contributed by atoms with Crippen LogP contribution in [0.25, 0.3) is 0 Å². The standard InChI is InChI=1S/C11H23NO.Yb/c1-6-8-11(13,9(3)4)10(5)12-7-2;/h9,13H,6-8H2,1-5H3;. The number of aliphatic imine (C=N–C) groups is 1. The normalized spacial score (nSPS) is 16.4. The van der Waals surface area contributed by atoms with Crippen LogP contribution in [0, 0.1) is 52.8 Å². The van der Waals surface area contributed by atoms with Crippen molar-refractivity contribution < 1.29 is 52.0 Å². The van der Waals surface area contributed by atoms with Crippen LogP contribution in [0.1, 0.15) is 47.5 Å². The van der Waals surface area contributed by atoms with Gasteiger partial charge < -0.3 is 5.11 Å². The number of aliphatic hydroxyl groups is 1. The number of rotatable bonds is 5. The molecule has 0 radical (unpaired) electrons. The van der Waals surface area contributed by atoms with Crippen LogP contribution in [-0.4, -0.2) is 23.0 Å². The molecule has 0 amide bonds. The third-order valence-electron chi connectivity index (χ3n) is 2.61. The zero-order valence-electron chi connectivity index (χ0n) is 9.86. The molecule has 1 unspecified atom stereocenters. The molecule has 0 spiro atoms. The number of hydrogen-bond acceptors (Lipinski definition) is 2. The van der Waals surface area contributed by atoms with Gasteiger partial charge in [-0.15, -0.1) is 0 Å². The second-order valence-electron chi connectivity index (χ2n) is 3.89. The first-order valence-electron chi connectivity index (χ1n) is 5.22. The Kier molecular flexibility index (Phi) is 10.4. The number of hydrogen-bond donors (Lipinski definition) is 1. The van der Waals surface area contributed by atoms with E-state index in [2.05, 4.69) is 11.9 Å². The van der Waals surface area contributed by atoms with Crippen molar-refractivity contribution in [1.82, 2.24) is 0 Å². The van der Waals surface area contributed by atoms with Gasteiger partial charge in [-0.05, 0) is 26.2 Å². The van der Waals surface area contributed by atoms with Crippen LogP contribution in [0.2, 0.25) is 0 Å². The average Bonchev–Trinajstić information content (AvgIpc) is 2.04. The Labute approximate surface area is 127 Å². The second-order valence-corrected chi connectivity index (χ2v) is 3.89. The largest absolute Gasteiger partial charge is 0.384 e. The summed E-state index contributed by atoms with van der Waals surface area (Å²) in [6.07, 6.45) is 1.80. The molecule has 1 N–H and O–H groups in total. The molecule has 92 valence electrons. The molecule has 2 nitrogen and oxygen atoms in total. The fourth-order valence-electron chi connectivity index (χ4n) is 1.64. The van der Waals surface area contributed by atoms with Gasteiger partial charge in [0.05, 0.1) is 0 Å². The molecular weight excluding hydrogens is 335 g/mol. The van der Waals surface area contributed by atoms with Crippen molar-refractivity contribution >= 4 is 5.71 Å². The molecule has 0 aliphatic heterocycles. The van der Waals surface area contributed by atoms with Gasteiger partial charge in [0.15, 0.2) is 0 Å². The van der Waals surface area contributed by atoms with E-state index in [1.54, 1.807) is 0 Å². The minimum absolute atomic E-state index is 0. The Hall–Kier alpha value is 1.15. The molecule has 14 heavy (non-hydrogen) atoms. The monoisotopic (exact) mass is 359 g/mol. The molecule has 0 saturated heterocycles. The van der Waals surface area contributed by atoms with Crippen molar-refractivity contribution in [2.45, 2.75) is 53.1 Å². The van der Waals surface area contributed by atoms with Crippen molar-refractivity contribution in [2.75, 3.05) is 6.54 Å². The Morgan fingerprint density at radius 2 is 1.86 bits per heavy atom. The van der Waals surface area contributed by atoms with E-state index in [-0.39, 0.29) is 52.8 Å². The van der Waals surface area contributed by atoms with Gasteiger partial charge in [-0.3, -0.25) is 4.99 Å².